The van der Waals surface area contributed by atoms with E-state index in [2.05, 4.69) is 10.6 Å². The van der Waals surface area contributed by atoms with Crippen LogP contribution in [0.15, 0.2) is 18.2 Å². The standard InChI is InChI=1S/C16H24F2N2O2/c1-9(2)15(13-6-5-12(17)7-14(13)18)20-16(22)19-11(4)10(3)8-21/h5-7,9-11,15,21H,8H2,1-4H3,(H2,19,20,22). The molecule has 0 aromatic heterocycles. The van der Waals surface area contributed by atoms with Crippen LogP contribution in [0.3, 0.4) is 0 Å². The number of hydrogen-bond donors (Lipinski definition) is 3. The Bertz CT molecular complexity index is 509. The lowest BCUT2D eigenvalue weighted by atomic mass is 9.95. The van der Waals surface area contributed by atoms with E-state index in [4.69, 9.17) is 5.11 Å². The highest BCUT2D eigenvalue weighted by molar-refractivity contribution is 5.74. The van der Waals surface area contributed by atoms with Crippen LogP contribution in [0.5, 0.6) is 0 Å². The third-order valence-corrected chi connectivity index (χ3v) is 3.75. The number of rotatable bonds is 6. The first kappa shape index (κ1) is 18.4. The molecular weight excluding hydrogens is 290 g/mol. The fourth-order valence-corrected chi connectivity index (χ4v) is 2.05. The average molecular weight is 314 g/mol. The third kappa shape index (κ3) is 4.94. The molecule has 0 radical (unpaired) electrons. The van der Waals surface area contributed by atoms with E-state index in [1.165, 1.54) is 12.1 Å². The van der Waals surface area contributed by atoms with Crippen LogP contribution in [0.4, 0.5) is 13.6 Å². The molecule has 2 amide bonds. The van der Waals surface area contributed by atoms with E-state index < -0.39 is 23.7 Å². The summed E-state index contributed by atoms with van der Waals surface area (Å²) in [6, 6.07) is 2.07. The monoisotopic (exact) mass is 314 g/mol. The van der Waals surface area contributed by atoms with Gasteiger partial charge in [-0.05, 0) is 24.8 Å². The van der Waals surface area contributed by atoms with Crippen molar-refractivity contribution in [1.29, 1.82) is 0 Å². The quantitative estimate of drug-likeness (QED) is 0.756. The second-order valence-corrected chi connectivity index (χ2v) is 5.95. The van der Waals surface area contributed by atoms with Gasteiger partial charge in [-0.25, -0.2) is 13.6 Å². The van der Waals surface area contributed by atoms with E-state index >= 15 is 0 Å². The second-order valence-electron chi connectivity index (χ2n) is 5.95. The minimum atomic E-state index is -0.684. The van der Waals surface area contributed by atoms with Crippen LogP contribution in [0.25, 0.3) is 0 Å². The summed E-state index contributed by atoms with van der Waals surface area (Å²) < 4.78 is 26.9. The number of benzene rings is 1. The summed E-state index contributed by atoms with van der Waals surface area (Å²) >= 11 is 0. The predicted octanol–water partition coefficient (Wildman–Crippen LogP) is 2.98. The molecule has 0 fully saturated rings. The van der Waals surface area contributed by atoms with Crippen molar-refractivity contribution >= 4 is 6.03 Å². The highest BCUT2D eigenvalue weighted by Crippen LogP contribution is 2.24. The van der Waals surface area contributed by atoms with Crippen molar-refractivity contribution in [2.45, 2.75) is 39.8 Å². The molecule has 6 heteroatoms. The summed E-state index contributed by atoms with van der Waals surface area (Å²) in [6.45, 7) is 7.23. The van der Waals surface area contributed by atoms with Crippen LogP contribution in [0.2, 0.25) is 0 Å². The molecule has 1 aromatic rings. The number of urea groups is 1. The molecule has 0 bridgehead atoms. The molecule has 1 rings (SSSR count). The van der Waals surface area contributed by atoms with Gasteiger partial charge in [-0.1, -0.05) is 26.8 Å². The highest BCUT2D eigenvalue weighted by atomic mass is 19.1. The van der Waals surface area contributed by atoms with Crippen LogP contribution in [-0.2, 0) is 0 Å². The van der Waals surface area contributed by atoms with Crippen molar-refractivity contribution in [2.24, 2.45) is 11.8 Å². The van der Waals surface area contributed by atoms with Gasteiger partial charge in [0.1, 0.15) is 11.6 Å². The second kappa shape index (κ2) is 8.08. The zero-order valence-electron chi connectivity index (χ0n) is 13.4. The number of nitrogens with one attached hydrogen (secondary N) is 2. The molecule has 0 aliphatic rings. The Hall–Kier alpha value is -1.69. The first-order valence-corrected chi connectivity index (χ1v) is 7.39. The summed E-state index contributed by atoms with van der Waals surface area (Å²) in [6.07, 6.45) is 0. The maximum atomic E-state index is 13.9. The number of aliphatic hydroxyl groups excluding tert-OH is 1. The number of aliphatic hydroxyl groups is 1. The van der Waals surface area contributed by atoms with Gasteiger partial charge < -0.3 is 15.7 Å². The summed E-state index contributed by atoms with van der Waals surface area (Å²) in [4.78, 5) is 12.0. The van der Waals surface area contributed by atoms with Gasteiger partial charge >= 0.3 is 6.03 Å². The SMILES string of the molecule is CC(C)C(NC(=O)NC(C)C(C)CO)c1ccc(F)cc1F. The Labute approximate surface area is 129 Å². The number of carbonyl (C=O) groups excluding carboxylic acids is 1. The predicted molar refractivity (Wildman–Crippen MR) is 81.3 cm³/mol. The largest absolute Gasteiger partial charge is 0.396 e. The molecule has 22 heavy (non-hydrogen) atoms. The van der Waals surface area contributed by atoms with E-state index in [1.807, 2.05) is 20.8 Å². The summed E-state index contributed by atoms with van der Waals surface area (Å²) in [7, 11) is 0. The Kier molecular flexibility index (Phi) is 6.74. The molecule has 0 spiro atoms. The molecule has 0 saturated carbocycles. The van der Waals surface area contributed by atoms with Gasteiger partial charge in [0.2, 0.25) is 0 Å². The normalized spacial score (nSPS) is 15.3. The molecule has 3 unspecified atom stereocenters. The van der Waals surface area contributed by atoms with Gasteiger partial charge in [-0.3, -0.25) is 0 Å². The van der Waals surface area contributed by atoms with Gasteiger partial charge in [-0.2, -0.15) is 0 Å². The maximum Gasteiger partial charge on any atom is 0.315 e. The minimum absolute atomic E-state index is 0.0400. The van der Waals surface area contributed by atoms with Crippen molar-refractivity contribution < 1.29 is 18.7 Å². The van der Waals surface area contributed by atoms with Crippen molar-refractivity contribution in [1.82, 2.24) is 10.6 Å². The van der Waals surface area contributed by atoms with E-state index in [0.717, 1.165) is 6.07 Å². The molecule has 0 aliphatic carbocycles. The summed E-state index contributed by atoms with van der Waals surface area (Å²) in [5, 5.41) is 14.5. The van der Waals surface area contributed by atoms with Crippen LogP contribution < -0.4 is 10.6 Å². The minimum Gasteiger partial charge on any atom is -0.396 e. The van der Waals surface area contributed by atoms with Crippen molar-refractivity contribution in [3.63, 3.8) is 0 Å². The van der Waals surface area contributed by atoms with E-state index in [1.54, 1.807) is 6.92 Å². The zero-order chi connectivity index (χ0) is 16.9. The van der Waals surface area contributed by atoms with E-state index in [9.17, 15) is 13.6 Å². The smallest absolute Gasteiger partial charge is 0.315 e. The molecule has 3 atom stereocenters. The van der Waals surface area contributed by atoms with Crippen LogP contribution in [-0.4, -0.2) is 23.8 Å². The molecule has 1 aromatic carbocycles. The Morgan fingerprint density at radius 1 is 1.18 bits per heavy atom. The fraction of sp³-hybridized carbons (Fsp3) is 0.562. The van der Waals surface area contributed by atoms with Crippen LogP contribution >= 0.6 is 0 Å². The molecule has 124 valence electrons. The molecule has 0 heterocycles. The highest BCUT2D eigenvalue weighted by Gasteiger charge is 2.23. The molecule has 4 nitrogen and oxygen atoms in total. The van der Waals surface area contributed by atoms with Crippen molar-refractivity contribution in [2.75, 3.05) is 6.61 Å². The molecule has 3 N–H and O–H groups in total. The number of halogens is 2. The number of carbonyl (C=O) groups is 1. The molecular formula is C16H24F2N2O2. The topological polar surface area (TPSA) is 61.4 Å². The molecule has 0 aliphatic heterocycles. The Morgan fingerprint density at radius 3 is 2.32 bits per heavy atom. The van der Waals surface area contributed by atoms with Gasteiger partial charge in [0.25, 0.3) is 0 Å². The van der Waals surface area contributed by atoms with Gasteiger partial charge in [0, 0.05) is 24.3 Å². The first-order valence-electron chi connectivity index (χ1n) is 7.39. The average Bonchev–Trinajstić information content (AvgIpc) is 2.44. The van der Waals surface area contributed by atoms with Gasteiger partial charge in [-0.15, -0.1) is 0 Å². The van der Waals surface area contributed by atoms with Gasteiger partial charge in [0.15, 0.2) is 0 Å². The fourth-order valence-electron chi connectivity index (χ4n) is 2.05. The number of hydrogen-bond acceptors (Lipinski definition) is 2. The maximum absolute atomic E-state index is 13.9. The van der Waals surface area contributed by atoms with Crippen molar-refractivity contribution in [3.05, 3.63) is 35.4 Å². The van der Waals surface area contributed by atoms with E-state index in [-0.39, 0.29) is 30.0 Å². The van der Waals surface area contributed by atoms with Crippen molar-refractivity contribution in [3.8, 4) is 0 Å². The first-order chi connectivity index (χ1) is 10.3. The Morgan fingerprint density at radius 2 is 1.82 bits per heavy atom. The lowest BCUT2D eigenvalue weighted by molar-refractivity contribution is 0.197. The lowest BCUT2D eigenvalue weighted by Gasteiger charge is -2.26. The summed E-state index contributed by atoms with van der Waals surface area (Å²) in [5.74, 6) is -1.50. The Balaban J connectivity index is 2.82. The third-order valence-electron chi connectivity index (χ3n) is 3.75. The van der Waals surface area contributed by atoms with E-state index in [0.29, 0.717) is 0 Å². The number of amides is 2. The van der Waals surface area contributed by atoms with Crippen LogP contribution in [0.1, 0.15) is 39.3 Å². The molecule has 0 saturated heterocycles. The van der Waals surface area contributed by atoms with Crippen LogP contribution in [0, 0.1) is 23.5 Å². The zero-order valence-corrected chi connectivity index (χ0v) is 13.4. The lowest BCUT2D eigenvalue weighted by Crippen LogP contribution is -2.46. The summed E-state index contributed by atoms with van der Waals surface area (Å²) in [5.41, 5.74) is 0.245. The van der Waals surface area contributed by atoms with Gasteiger partial charge in [0.05, 0.1) is 6.04 Å².